The Bertz CT molecular complexity index is 628. The Morgan fingerprint density at radius 1 is 1.18 bits per heavy atom. The van der Waals surface area contributed by atoms with Crippen LogP contribution in [-0.2, 0) is 0 Å². The first-order valence-corrected chi connectivity index (χ1v) is 6.92. The lowest BCUT2D eigenvalue weighted by atomic mass is 10.1. The molecule has 84 valence electrons. The van der Waals surface area contributed by atoms with E-state index in [4.69, 9.17) is 4.42 Å². The lowest BCUT2D eigenvalue weighted by Crippen LogP contribution is -1.93. The standard InChI is InChI=1S/C13H7IO2S/c14-12-6-5-8(16-12)7-11-13(15)9-3-1-2-4-10(9)17-11/h1-7H/b11-7-. The third-order valence-corrected chi connectivity index (χ3v) is 4.12. The summed E-state index contributed by atoms with van der Waals surface area (Å²) >= 11 is 3.60. The molecule has 0 saturated carbocycles. The summed E-state index contributed by atoms with van der Waals surface area (Å²) < 4.78 is 6.26. The number of thioether (sulfide) groups is 1. The molecule has 0 spiro atoms. The number of furan rings is 1. The molecule has 2 aromatic rings. The minimum Gasteiger partial charge on any atom is -0.451 e. The number of benzene rings is 1. The van der Waals surface area contributed by atoms with Gasteiger partial charge in [0.1, 0.15) is 5.76 Å². The monoisotopic (exact) mass is 354 g/mol. The van der Waals surface area contributed by atoms with E-state index in [9.17, 15) is 4.79 Å². The molecule has 0 fully saturated rings. The van der Waals surface area contributed by atoms with Gasteiger partial charge in [0.05, 0.1) is 4.91 Å². The van der Waals surface area contributed by atoms with Crippen LogP contribution in [0.5, 0.6) is 0 Å². The molecule has 17 heavy (non-hydrogen) atoms. The summed E-state index contributed by atoms with van der Waals surface area (Å²) in [6.45, 7) is 0. The highest BCUT2D eigenvalue weighted by molar-refractivity contribution is 14.1. The van der Waals surface area contributed by atoms with E-state index in [0.29, 0.717) is 0 Å². The lowest BCUT2D eigenvalue weighted by Gasteiger charge is -1.91. The number of Topliss-reactive ketones (excluding diaryl/α,β-unsaturated/α-hetero) is 1. The van der Waals surface area contributed by atoms with Crippen LogP contribution in [0.25, 0.3) is 6.08 Å². The molecule has 1 aromatic heterocycles. The Morgan fingerprint density at radius 3 is 2.71 bits per heavy atom. The van der Waals surface area contributed by atoms with E-state index in [0.717, 1.165) is 24.9 Å². The Morgan fingerprint density at radius 2 is 2.00 bits per heavy atom. The fourth-order valence-electron chi connectivity index (χ4n) is 1.67. The number of fused-ring (bicyclic) bond motifs is 1. The first kappa shape index (κ1) is 11.1. The molecule has 3 rings (SSSR count). The molecule has 2 heterocycles. The Hall–Kier alpha value is -1.01. The number of rotatable bonds is 1. The number of hydrogen-bond acceptors (Lipinski definition) is 3. The van der Waals surface area contributed by atoms with Gasteiger partial charge in [0, 0.05) is 10.5 Å². The highest BCUT2D eigenvalue weighted by atomic mass is 127. The normalized spacial score (nSPS) is 16.5. The van der Waals surface area contributed by atoms with Crippen LogP contribution in [0.15, 0.2) is 50.6 Å². The van der Waals surface area contributed by atoms with Crippen molar-refractivity contribution >= 4 is 46.2 Å². The van der Waals surface area contributed by atoms with E-state index in [1.807, 2.05) is 36.4 Å². The molecule has 1 aliphatic rings. The van der Waals surface area contributed by atoms with Crippen molar-refractivity contribution in [3.63, 3.8) is 0 Å². The second-order valence-corrected chi connectivity index (χ2v) is 5.72. The summed E-state index contributed by atoms with van der Waals surface area (Å²) in [4.78, 5) is 13.8. The zero-order valence-corrected chi connectivity index (χ0v) is 11.6. The predicted molar refractivity (Wildman–Crippen MR) is 76.0 cm³/mol. The van der Waals surface area contributed by atoms with Gasteiger partial charge in [-0.3, -0.25) is 4.79 Å². The van der Waals surface area contributed by atoms with Crippen molar-refractivity contribution in [3.8, 4) is 0 Å². The summed E-state index contributed by atoms with van der Waals surface area (Å²) in [6.07, 6.45) is 1.80. The third kappa shape index (κ3) is 2.07. The van der Waals surface area contributed by atoms with Crippen LogP contribution in [0, 0.1) is 3.77 Å². The van der Waals surface area contributed by atoms with Gasteiger partial charge in [0.25, 0.3) is 0 Å². The zero-order valence-electron chi connectivity index (χ0n) is 8.64. The van der Waals surface area contributed by atoms with E-state index in [1.54, 1.807) is 6.08 Å². The molecule has 0 N–H and O–H groups in total. The second kappa shape index (κ2) is 4.34. The summed E-state index contributed by atoms with van der Waals surface area (Å²) in [7, 11) is 0. The van der Waals surface area contributed by atoms with Crippen molar-refractivity contribution in [1.82, 2.24) is 0 Å². The molecule has 0 amide bonds. The van der Waals surface area contributed by atoms with Gasteiger partial charge in [-0.15, -0.1) is 0 Å². The quantitative estimate of drug-likeness (QED) is 0.568. The van der Waals surface area contributed by atoms with Crippen molar-refractivity contribution < 1.29 is 9.21 Å². The summed E-state index contributed by atoms with van der Waals surface area (Å²) in [6, 6.07) is 11.4. The average molecular weight is 354 g/mol. The van der Waals surface area contributed by atoms with Crippen LogP contribution >= 0.6 is 34.4 Å². The number of allylic oxidation sites excluding steroid dienone is 1. The molecule has 1 aromatic carbocycles. The van der Waals surface area contributed by atoms with Crippen molar-refractivity contribution in [1.29, 1.82) is 0 Å². The van der Waals surface area contributed by atoms with Crippen molar-refractivity contribution in [2.24, 2.45) is 0 Å². The van der Waals surface area contributed by atoms with Crippen molar-refractivity contribution in [2.75, 3.05) is 0 Å². The largest absolute Gasteiger partial charge is 0.451 e. The Balaban J connectivity index is 1.99. The van der Waals surface area contributed by atoms with E-state index >= 15 is 0 Å². The van der Waals surface area contributed by atoms with E-state index in [1.165, 1.54) is 11.8 Å². The minimum absolute atomic E-state index is 0.0806. The molecule has 0 radical (unpaired) electrons. The van der Waals surface area contributed by atoms with Crippen molar-refractivity contribution in [2.45, 2.75) is 4.90 Å². The Labute approximate surface area is 116 Å². The van der Waals surface area contributed by atoms with E-state index in [2.05, 4.69) is 22.6 Å². The molecule has 0 bridgehead atoms. The molecular weight excluding hydrogens is 347 g/mol. The van der Waals surface area contributed by atoms with Crippen LogP contribution in [0.3, 0.4) is 0 Å². The first-order chi connectivity index (χ1) is 8.24. The topological polar surface area (TPSA) is 30.2 Å². The van der Waals surface area contributed by atoms with Crippen molar-refractivity contribution in [3.05, 3.63) is 56.4 Å². The molecule has 0 unspecified atom stereocenters. The second-order valence-electron chi connectivity index (χ2n) is 3.58. The first-order valence-electron chi connectivity index (χ1n) is 5.02. The summed E-state index contributed by atoms with van der Waals surface area (Å²) in [5.74, 6) is 0.801. The van der Waals surface area contributed by atoms with Gasteiger partial charge < -0.3 is 4.42 Å². The maximum atomic E-state index is 12.1. The molecule has 0 saturated heterocycles. The lowest BCUT2D eigenvalue weighted by molar-refractivity contribution is 0.104. The van der Waals surface area contributed by atoms with Crippen LogP contribution in [0.4, 0.5) is 0 Å². The van der Waals surface area contributed by atoms with Gasteiger partial charge in [-0.1, -0.05) is 23.9 Å². The maximum Gasteiger partial charge on any atom is 0.200 e. The van der Waals surface area contributed by atoms with Gasteiger partial charge in [-0.25, -0.2) is 0 Å². The van der Waals surface area contributed by atoms with Gasteiger partial charge in [-0.2, -0.15) is 0 Å². The molecule has 0 aliphatic carbocycles. The van der Waals surface area contributed by atoms with Crippen LogP contribution in [-0.4, -0.2) is 5.78 Å². The minimum atomic E-state index is 0.0806. The number of carbonyl (C=O) groups is 1. The number of halogens is 1. The smallest absolute Gasteiger partial charge is 0.200 e. The molecular formula is C13H7IO2S. The van der Waals surface area contributed by atoms with Gasteiger partial charge in [-0.05, 0) is 52.9 Å². The van der Waals surface area contributed by atoms with Gasteiger partial charge >= 0.3 is 0 Å². The summed E-state index contributed by atoms with van der Waals surface area (Å²) in [5, 5.41) is 0. The van der Waals surface area contributed by atoms with Crippen LogP contribution in [0.1, 0.15) is 16.1 Å². The van der Waals surface area contributed by atoms with Crippen LogP contribution in [0.2, 0.25) is 0 Å². The number of ketones is 1. The predicted octanol–water partition coefficient (Wildman–Crippen LogP) is 4.21. The maximum absolute atomic E-state index is 12.1. The SMILES string of the molecule is O=C1/C(=C/c2ccc(I)o2)Sc2ccccc21. The molecule has 2 nitrogen and oxygen atoms in total. The van der Waals surface area contributed by atoms with Gasteiger partial charge in [0.15, 0.2) is 3.77 Å². The van der Waals surface area contributed by atoms with Gasteiger partial charge in [0.2, 0.25) is 5.78 Å². The third-order valence-electron chi connectivity index (χ3n) is 2.44. The van der Waals surface area contributed by atoms with Crippen LogP contribution < -0.4 is 0 Å². The fraction of sp³-hybridized carbons (Fsp3) is 0. The molecule has 4 heteroatoms. The molecule has 0 atom stereocenters. The number of hydrogen-bond donors (Lipinski definition) is 0. The fourth-order valence-corrected chi connectivity index (χ4v) is 3.14. The summed E-state index contributed by atoms with van der Waals surface area (Å²) in [5.41, 5.74) is 0.782. The number of carbonyl (C=O) groups excluding carboxylic acids is 1. The highest BCUT2D eigenvalue weighted by Crippen LogP contribution is 2.40. The van der Waals surface area contributed by atoms with E-state index in [-0.39, 0.29) is 5.78 Å². The Kier molecular flexibility index (Phi) is 2.84. The average Bonchev–Trinajstić information content (AvgIpc) is 2.86. The van der Waals surface area contributed by atoms with E-state index < -0.39 is 0 Å². The highest BCUT2D eigenvalue weighted by Gasteiger charge is 2.25. The molecule has 1 aliphatic heterocycles. The zero-order chi connectivity index (χ0) is 11.8.